The van der Waals surface area contributed by atoms with Gasteiger partial charge in [0.1, 0.15) is 35.8 Å². The molecule has 0 aliphatic carbocycles. The first kappa shape index (κ1) is 20.2. The third-order valence-electron chi connectivity index (χ3n) is 5.24. The van der Waals surface area contributed by atoms with Gasteiger partial charge in [0.15, 0.2) is 6.23 Å². The molecule has 6 N–H and O–H groups in total. The van der Waals surface area contributed by atoms with Crippen molar-refractivity contribution in [2.75, 3.05) is 30.4 Å². The number of aliphatic hydroxyl groups excluding tert-OH is 1. The van der Waals surface area contributed by atoms with Gasteiger partial charge in [-0.1, -0.05) is 0 Å². The predicted molar refractivity (Wildman–Crippen MR) is 101 cm³/mol. The summed E-state index contributed by atoms with van der Waals surface area (Å²) in [5, 5.41) is 27.7. The fourth-order valence-electron chi connectivity index (χ4n) is 3.85. The molecule has 1 fully saturated rings. The van der Waals surface area contributed by atoms with Gasteiger partial charge in [-0.05, 0) is 13.0 Å². The van der Waals surface area contributed by atoms with Crippen LogP contribution in [0, 0.1) is 0 Å². The largest absolute Gasteiger partial charge is 0.469 e. The first-order valence-electron chi connectivity index (χ1n) is 8.85. The standard InChI is InChI=1S/C16H22N5O7P/c1-16(23)12(22)10(6-27-29(24,25)26)28-15(16)21-5-8-9(17-2)3-4-18-13-11(8)14(21)20-7-19-13/h3-4,7,10,12,15,17,22-23H,5-6H2,1-2H3,(H,18,19,20)(H2,24,25,26)/t10-,12-,15-,16-/m1/s1. The van der Waals surface area contributed by atoms with Crippen LogP contribution in [0.1, 0.15) is 12.5 Å². The lowest BCUT2D eigenvalue weighted by atomic mass is 9.96. The summed E-state index contributed by atoms with van der Waals surface area (Å²) in [7, 11) is -2.97. The molecular weight excluding hydrogens is 405 g/mol. The Hall–Kier alpha value is -2.05. The summed E-state index contributed by atoms with van der Waals surface area (Å²) in [6, 6.07) is 0. The van der Waals surface area contributed by atoms with Crippen LogP contribution in [0.2, 0.25) is 0 Å². The van der Waals surface area contributed by atoms with Crippen molar-refractivity contribution in [2.45, 2.75) is 31.0 Å². The highest BCUT2D eigenvalue weighted by atomic mass is 31.2. The summed E-state index contributed by atoms with van der Waals surface area (Å²) in [6.45, 7) is 1.12. The van der Waals surface area contributed by atoms with Crippen molar-refractivity contribution in [3.63, 3.8) is 0 Å². The van der Waals surface area contributed by atoms with Gasteiger partial charge >= 0.3 is 7.82 Å². The average molecular weight is 427 g/mol. The first-order valence-corrected chi connectivity index (χ1v) is 10.4. The number of anilines is 2. The second-order valence-corrected chi connectivity index (χ2v) is 8.39. The van der Waals surface area contributed by atoms with E-state index in [-0.39, 0.29) is 0 Å². The van der Waals surface area contributed by atoms with Crippen molar-refractivity contribution in [1.29, 1.82) is 0 Å². The van der Waals surface area contributed by atoms with E-state index in [9.17, 15) is 14.8 Å². The van der Waals surface area contributed by atoms with E-state index in [0.29, 0.717) is 18.2 Å². The van der Waals surface area contributed by atoms with E-state index in [4.69, 9.17) is 14.5 Å². The van der Waals surface area contributed by atoms with Gasteiger partial charge in [-0.3, -0.25) is 4.52 Å². The number of allylic oxidation sites excluding steroid dienone is 1. The minimum absolute atomic E-state index is 0.308. The number of phosphoric acid groups is 1. The summed E-state index contributed by atoms with van der Waals surface area (Å²) in [5.41, 5.74) is 0.691. The molecular formula is C16H22N5O7P. The normalized spacial score (nSPS) is 31.0. The van der Waals surface area contributed by atoms with Gasteiger partial charge in [-0.2, -0.15) is 0 Å². The summed E-state index contributed by atoms with van der Waals surface area (Å²) in [6.07, 6.45) is 1.36. The third-order valence-corrected chi connectivity index (χ3v) is 5.72. The number of phosphoric ester groups is 1. The van der Waals surface area contributed by atoms with Crippen molar-refractivity contribution in [3.8, 4) is 0 Å². The van der Waals surface area contributed by atoms with Crippen molar-refractivity contribution in [1.82, 2.24) is 15.3 Å². The summed E-state index contributed by atoms with van der Waals surface area (Å²) >= 11 is 0. The monoisotopic (exact) mass is 427 g/mol. The molecule has 0 spiro atoms. The van der Waals surface area contributed by atoms with E-state index < -0.39 is 38.5 Å². The maximum atomic E-state index is 11.0. The molecule has 29 heavy (non-hydrogen) atoms. The number of ether oxygens (including phenoxy) is 1. The van der Waals surface area contributed by atoms with Gasteiger partial charge < -0.3 is 40.3 Å². The van der Waals surface area contributed by atoms with Crippen LogP contribution >= 0.6 is 7.82 Å². The van der Waals surface area contributed by atoms with Crippen molar-refractivity contribution in [3.05, 3.63) is 29.9 Å². The molecule has 12 nitrogen and oxygen atoms in total. The summed E-state index contributed by atoms with van der Waals surface area (Å²) < 4.78 is 21.3. The number of rotatable bonds is 5. The molecule has 4 atom stereocenters. The lowest BCUT2D eigenvalue weighted by molar-refractivity contribution is -0.0627. The molecule has 1 aromatic rings. The maximum absolute atomic E-state index is 11.0. The lowest BCUT2D eigenvalue weighted by Gasteiger charge is -2.34. The smallest absolute Gasteiger partial charge is 0.388 e. The van der Waals surface area contributed by atoms with Crippen LogP contribution in [0.3, 0.4) is 0 Å². The molecule has 0 radical (unpaired) electrons. The SMILES string of the molecule is CNC1=C2CN([C@@H]3O[C@H](COP(=O)(O)O)[C@@H](O)[C@@]3(C)O)c3ncnc(c32)NC=C1. The molecule has 3 aliphatic heterocycles. The van der Waals surface area contributed by atoms with Crippen LogP contribution in [-0.2, 0) is 13.8 Å². The third kappa shape index (κ3) is 3.42. The number of aromatic nitrogens is 2. The molecule has 0 aromatic carbocycles. The molecule has 158 valence electrons. The highest BCUT2D eigenvalue weighted by Gasteiger charge is 2.56. The van der Waals surface area contributed by atoms with Crippen LogP contribution in [0.15, 0.2) is 24.3 Å². The van der Waals surface area contributed by atoms with Gasteiger partial charge in [0.2, 0.25) is 0 Å². The van der Waals surface area contributed by atoms with Crippen LogP contribution in [0.25, 0.3) is 5.57 Å². The Labute approximate surface area is 166 Å². The number of likely N-dealkylation sites (N-methyl/N-ethyl adjacent to an activating group) is 1. The summed E-state index contributed by atoms with van der Waals surface area (Å²) in [4.78, 5) is 28.1. The molecule has 4 heterocycles. The van der Waals surface area contributed by atoms with Gasteiger partial charge in [0, 0.05) is 31.1 Å². The maximum Gasteiger partial charge on any atom is 0.469 e. The van der Waals surface area contributed by atoms with Crippen molar-refractivity contribution in [2.24, 2.45) is 0 Å². The Morgan fingerprint density at radius 1 is 1.48 bits per heavy atom. The van der Waals surface area contributed by atoms with Gasteiger partial charge in [-0.25, -0.2) is 14.5 Å². The minimum atomic E-state index is -4.75. The van der Waals surface area contributed by atoms with E-state index in [1.54, 1.807) is 18.1 Å². The van der Waals surface area contributed by atoms with Gasteiger partial charge in [-0.15, -0.1) is 0 Å². The van der Waals surface area contributed by atoms with Gasteiger partial charge in [0.05, 0.1) is 12.2 Å². The summed E-state index contributed by atoms with van der Waals surface area (Å²) in [5.74, 6) is 1.09. The first-order chi connectivity index (χ1) is 13.6. The van der Waals surface area contributed by atoms with Crippen molar-refractivity contribution >= 4 is 25.0 Å². The van der Waals surface area contributed by atoms with Crippen LogP contribution in [-0.4, -0.2) is 74.2 Å². The molecule has 4 rings (SSSR count). The van der Waals surface area contributed by atoms with Crippen LogP contribution in [0.4, 0.5) is 11.6 Å². The van der Waals surface area contributed by atoms with Crippen LogP contribution in [0.5, 0.6) is 0 Å². The van der Waals surface area contributed by atoms with E-state index in [1.165, 1.54) is 13.3 Å². The number of nitrogens with zero attached hydrogens (tertiary/aromatic N) is 3. The van der Waals surface area contributed by atoms with E-state index >= 15 is 0 Å². The molecule has 13 heteroatoms. The zero-order valence-electron chi connectivity index (χ0n) is 15.7. The second-order valence-electron chi connectivity index (χ2n) is 7.15. The molecule has 0 bridgehead atoms. The number of aliphatic hydroxyl groups is 2. The average Bonchev–Trinajstić information content (AvgIpc) is 3.05. The fraction of sp³-hybridized carbons (Fsp3) is 0.500. The zero-order valence-corrected chi connectivity index (χ0v) is 16.6. The van der Waals surface area contributed by atoms with Crippen LogP contribution < -0.4 is 15.5 Å². The molecule has 0 amide bonds. The highest BCUT2D eigenvalue weighted by molar-refractivity contribution is 7.46. The highest BCUT2D eigenvalue weighted by Crippen LogP contribution is 2.46. The number of hydrogen-bond donors (Lipinski definition) is 6. The Kier molecular flexibility index (Phi) is 4.90. The Bertz CT molecular complexity index is 930. The number of hydrogen-bond acceptors (Lipinski definition) is 10. The van der Waals surface area contributed by atoms with E-state index in [0.717, 1.165) is 16.8 Å². The molecule has 1 aromatic heterocycles. The van der Waals surface area contributed by atoms with E-state index in [2.05, 4.69) is 25.1 Å². The number of nitrogens with one attached hydrogen (secondary N) is 2. The Balaban J connectivity index is 1.69. The minimum Gasteiger partial charge on any atom is -0.388 e. The quantitative estimate of drug-likeness (QED) is 0.321. The predicted octanol–water partition coefficient (Wildman–Crippen LogP) is -0.888. The molecule has 1 saturated heterocycles. The van der Waals surface area contributed by atoms with E-state index in [1.807, 2.05) is 6.08 Å². The molecule has 0 saturated carbocycles. The lowest BCUT2D eigenvalue weighted by Crippen LogP contribution is -2.53. The molecule has 0 unspecified atom stereocenters. The molecule has 3 aliphatic rings. The zero-order chi connectivity index (χ0) is 21.0. The fourth-order valence-corrected chi connectivity index (χ4v) is 4.19. The topological polar surface area (TPSA) is 170 Å². The second kappa shape index (κ2) is 7.03. The van der Waals surface area contributed by atoms with Gasteiger partial charge in [0.25, 0.3) is 0 Å². The van der Waals surface area contributed by atoms with Crippen molar-refractivity contribution < 1.29 is 33.8 Å². The Morgan fingerprint density at radius 2 is 2.24 bits per heavy atom. The Morgan fingerprint density at radius 3 is 2.93 bits per heavy atom.